The van der Waals surface area contributed by atoms with Crippen molar-refractivity contribution < 1.29 is 23.8 Å². The Bertz CT molecular complexity index is 1380. The molecule has 1 saturated carbocycles. The van der Waals surface area contributed by atoms with Gasteiger partial charge in [0.05, 0.1) is 19.6 Å². The van der Waals surface area contributed by atoms with E-state index in [1.807, 2.05) is 41.3 Å². The molecule has 43 heavy (non-hydrogen) atoms. The summed E-state index contributed by atoms with van der Waals surface area (Å²) in [5.74, 6) is 0.903. The SMILES string of the molecule is COCCCOc1cc(CN(C(=O)[C@H]2CNC[C@@H](NC(C)=O)[C@@H]2c2cccc(-c3ccccc3)c2)C2CC2)cc(OC)c1. The smallest absolute Gasteiger partial charge is 0.228 e. The second-order valence-electron chi connectivity index (χ2n) is 11.5. The molecule has 3 atom stereocenters. The molecule has 5 rings (SSSR count). The molecule has 2 aliphatic rings. The van der Waals surface area contributed by atoms with Gasteiger partial charge in [0.1, 0.15) is 11.5 Å². The fraction of sp³-hybridized carbons (Fsp3) is 0.429. The summed E-state index contributed by atoms with van der Waals surface area (Å²) < 4.78 is 16.7. The summed E-state index contributed by atoms with van der Waals surface area (Å²) in [5, 5.41) is 6.59. The van der Waals surface area contributed by atoms with Crippen LogP contribution in [0.3, 0.4) is 0 Å². The zero-order valence-corrected chi connectivity index (χ0v) is 25.4. The Labute approximate surface area is 254 Å². The molecule has 0 spiro atoms. The van der Waals surface area contributed by atoms with Crippen molar-refractivity contribution >= 4 is 11.8 Å². The molecule has 0 radical (unpaired) electrons. The largest absolute Gasteiger partial charge is 0.497 e. The highest BCUT2D eigenvalue weighted by molar-refractivity contribution is 5.82. The van der Waals surface area contributed by atoms with Gasteiger partial charge in [-0.05, 0) is 47.2 Å². The van der Waals surface area contributed by atoms with Crippen LogP contribution < -0.4 is 20.1 Å². The summed E-state index contributed by atoms with van der Waals surface area (Å²) in [6.07, 6.45) is 2.76. The van der Waals surface area contributed by atoms with Gasteiger partial charge in [-0.1, -0.05) is 54.6 Å². The molecule has 1 saturated heterocycles. The molecule has 2 N–H and O–H groups in total. The molecular weight excluding hydrogens is 542 g/mol. The molecular formula is C35H43N3O5. The number of amides is 2. The third-order valence-corrected chi connectivity index (χ3v) is 8.24. The number of rotatable bonds is 13. The predicted molar refractivity (Wildman–Crippen MR) is 167 cm³/mol. The van der Waals surface area contributed by atoms with Gasteiger partial charge in [-0.25, -0.2) is 0 Å². The average Bonchev–Trinajstić information content (AvgIpc) is 3.87. The zero-order chi connectivity index (χ0) is 30.2. The third kappa shape index (κ3) is 7.94. The number of benzene rings is 3. The molecule has 0 aromatic heterocycles. The lowest BCUT2D eigenvalue weighted by Crippen LogP contribution is -2.57. The second-order valence-corrected chi connectivity index (χ2v) is 11.5. The number of methoxy groups -OCH3 is 2. The minimum atomic E-state index is -0.340. The molecule has 3 aromatic rings. The van der Waals surface area contributed by atoms with E-state index < -0.39 is 0 Å². The first kappa shape index (κ1) is 30.6. The van der Waals surface area contributed by atoms with Crippen molar-refractivity contribution in [1.82, 2.24) is 15.5 Å². The molecule has 228 valence electrons. The van der Waals surface area contributed by atoms with Crippen molar-refractivity contribution in [3.63, 3.8) is 0 Å². The summed E-state index contributed by atoms with van der Waals surface area (Å²) in [4.78, 5) is 28.8. The number of hydrogen-bond acceptors (Lipinski definition) is 6. The maximum Gasteiger partial charge on any atom is 0.228 e. The summed E-state index contributed by atoms with van der Waals surface area (Å²) in [7, 11) is 3.32. The van der Waals surface area contributed by atoms with Crippen molar-refractivity contribution in [1.29, 1.82) is 0 Å². The topological polar surface area (TPSA) is 89.1 Å². The van der Waals surface area contributed by atoms with Crippen LogP contribution in [-0.4, -0.2) is 69.3 Å². The molecule has 1 aliphatic carbocycles. The van der Waals surface area contributed by atoms with Crippen molar-refractivity contribution in [2.75, 3.05) is 40.5 Å². The summed E-state index contributed by atoms with van der Waals surface area (Å²) in [6, 6.07) is 24.5. The van der Waals surface area contributed by atoms with Crippen molar-refractivity contribution in [3.8, 4) is 22.6 Å². The Morgan fingerprint density at radius 3 is 2.40 bits per heavy atom. The van der Waals surface area contributed by atoms with Crippen molar-refractivity contribution in [2.45, 2.75) is 50.7 Å². The van der Waals surface area contributed by atoms with Crippen LogP contribution in [0.2, 0.25) is 0 Å². The van der Waals surface area contributed by atoms with E-state index in [0.29, 0.717) is 44.3 Å². The first-order valence-electron chi connectivity index (χ1n) is 15.2. The Morgan fingerprint density at radius 2 is 1.67 bits per heavy atom. The Hall–Kier alpha value is -3.88. The van der Waals surface area contributed by atoms with Gasteiger partial charge in [-0.2, -0.15) is 0 Å². The second kappa shape index (κ2) is 14.5. The van der Waals surface area contributed by atoms with Crippen molar-refractivity contribution in [3.05, 3.63) is 83.9 Å². The summed E-state index contributed by atoms with van der Waals surface area (Å²) in [5.41, 5.74) is 4.24. The van der Waals surface area contributed by atoms with Gasteiger partial charge >= 0.3 is 0 Å². The number of nitrogens with one attached hydrogen (secondary N) is 2. The van der Waals surface area contributed by atoms with Crippen LogP contribution >= 0.6 is 0 Å². The fourth-order valence-electron chi connectivity index (χ4n) is 6.09. The first-order chi connectivity index (χ1) is 21.0. The molecule has 8 nitrogen and oxygen atoms in total. The minimum Gasteiger partial charge on any atom is -0.497 e. The standard InChI is InChI=1S/C35H43N3O5/c1-24(39)37-33-22-36-21-32(34(33)28-12-7-11-27(19-28)26-9-5-4-6-10-26)35(40)38(29-13-14-29)23-25-17-30(42-3)20-31(18-25)43-16-8-15-41-2/h4-7,9-12,17-20,29,32-34,36H,8,13-16,21-23H2,1-3H3,(H,37,39)/t32-,33+,34+/m0/s1. The van der Waals surface area contributed by atoms with E-state index in [1.165, 1.54) is 6.92 Å². The van der Waals surface area contributed by atoms with Gasteiger partial charge in [0.2, 0.25) is 11.8 Å². The number of carbonyl (C=O) groups excluding carboxylic acids is 2. The highest BCUT2D eigenvalue weighted by atomic mass is 16.5. The van der Waals surface area contributed by atoms with Gasteiger partial charge in [0.25, 0.3) is 0 Å². The van der Waals surface area contributed by atoms with Crippen LogP contribution in [0.15, 0.2) is 72.8 Å². The normalized spacial score (nSPS) is 19.8. The van der Waals surface area contributed by atoms with Gasteiger partial charge < -0.3 is 29.7 Å². The Kier molecular flexibility index (Phi) is 10.3. The molecule has 1 aliphatic heterocycles. The van der Waals surface area contributed by atoms with Crippen LogP contribution in [-0.2, 0) is 20.9 Å². The van der Waals surface area contributed by atoms with Gasteiger partial charge in [-0.3, -0.25) is 9.59 Å². The monoisotopic (exact) mass is 585 g/mol. The number of carbonyl (C=O) groups is 2. The lowest BCUT2D eigenvalue weighted by atomic mass is 9.76. The van der Waals surface area contributed by atoms with Crippen LogP contribution in [0.5, 0.6) is 11.5 Å². The van der Waals surface area contributed by atoms with Gasteiger partial charge in [-0.15, -0.1) is 0 Å². The van der Waals surface area contributed by atoms with E-state index in [9.17, 15) is 9.59 Å². The predicted octanol–water partition coefficient (Wildman–Crippen LogP) is 4.78. The maximum absolute atomic E-state index is 14.5. The number of ether oxygens (including phenoxy) is 3. The van der Waals surface area contributed by atoms with E-state index in [0.717, 1.165) is 41.5 Å². The zero-order valence-electron chi connectivity index (χ0n) is 25.4. The third-order valence-electron chi connectivity index (χ3n) is 8.24. The van der Waals surface area contributed by atoms with Crippen LogP contribution in [0.25, 0.3) is 11.1 Å². The van der Waals surface area contributed by atoms with Gasteiger partial charge in [0, 0.05) is 70.8 Å². The first-order valence-corrected chi connectivity index (χ1v) is 15.2. The molecule has 2 fully saturated rings. The maximum atomic E-state index is 14.5. The highest BCUT2D eigenvalue weighted by Gasteiger charge is 2.44. The number of piperidine rings is 1. The molecule has 2 amide bonds. The average molecular weight is 586 g/mol. The van der Waals surface area contributed by atoms with E-state index >= 15 is 0 Å². The number of hydrogen-bond donors (Lipinski definition) is 2. The fourth-order valence-corrected chi connectivity index (χ4v) is 6.09. The molecule has 8 heteroatoms. The van der Waals surface area contributed by atoms with Crippen LogP contribution in [0, 0.1) is 5.92 Å². The lowest BCUT2D eigenvalue weighted by Gasteiger charge is -2.41. The molecule has 3 aromatic carbocycles. The minimum absolute atomic E-state index is 0.0995. The Morgan fingerprint density at radius 1 is 0.907 bits per heavy atom. The molecule has 1 heterocycles. The summed E-state index contributed by atoms with van der Waals surface area (Å²) >= 11 is 0. The van der Waals surface area contributed by atoms with Crippen LogP contribution in [0.4, 0.5) is 0 Å². The highest BCUT2D eigenvalue weighted by Crippen LogP contribution is 2.38. The van der Waals surface area contributed by atoms with Gasteiger partial charge in [0.15, 0.2) is 0 Å². The van der Waals surface area contributed by atoms with E-state index in [1.54, 1.807) is 14.2 Å². The summed E-state index contributed by atoms with van der Waals surface area (Å²) in [6.45, 7) is 4.32. The quantitative estimate of drug-likeness (QED) is 0.281. The van der Waals surface area contributed by atoms with Crippen LogP contribution in [0.1, 0.15) is 43.2 Å². The van der Waals surface area contributed by atoms with E-state index in [-0.39, 0.29) is 35.7 Å². The molecule has 0 unspecified atom stereocenters. The number of nitrogens with zero attached hydrogens (tertiary/aromatic N) is 1. The molecule has 0 bridgehead atoms. The Balaban J connectivity index is 1.43. The van der Waals surface area contributed by atoms with E-state index in [2.05, 4.69) is 47.0 Å². The van der Waals surface area contributed by atoms with Crippen molar-refractivity contribution in [2.24, 2.45) is 5.92 Å². The lowest BCUT2D eigenvalue weighted by molar-refractivity contribution is -0.139. The van der Waals surface area contributed by atoms with E-state index in [4.69, 9.17) is 14.2 Å².